The summed E-state index contributed by atoms with van der Waals surface area (Å²) in [6, 6.07) is 36.5. The molecule has 0 aliphatic rings. The van der Waals surface area contributed by atoms with Crippen LogP contribution >= 0.6 is 34.8 Å². The summed E-state index contributed by atoms with van der Waals surface area (Å²) in [6.45, 7) is 4.20. The molecule has 0 aliphatic carbocycles. The van der Waals surface area contributed by atoms with E-state index in [1.54, 1.807) is 35.6 Å². The molecule has 52 heavy (non-hydrogen) atoms. The van der Waals surface area contributed by atoms with E-state index in [1.165, 1.54) is 11.1 Å². The summed E-state index contributed by atoms with van der Waals surface area (Å²) in [5.74, 6) is 0. The van der Waals surface area contributed by atoms with Crippen molar-refractivity contribution < 1.29 is 0 Å². The van der Waals surface area contributed by atoms with E-state index in [0.29, 0.717) is 33.0 Å². The molecule has 0 amide bonds. The molecule has 0 saturated carbocycles. The number of anilines is 3. The lowest BCUT2D eigenvalue weighted by Gasteiger charge is -2.24. The van der Waals surface area contributed by atoms with Crippen LogP contribution in [-0.4, -0.2) is 17.5 Å². The van der Waals surface area contributed by atoms with Crippen molar-refractivity contribution in [2.24, 2.45) is 4.99 Å². The van der Waals surface area contributed by atoms with E-state index in [-0.39, 0.29) is 5.36 Å². The third-order valence-corrected chi connectivity index (χ3v) is 11.9. The van der Waals surface area contributed by atoms with Gasteiger partial charge in [-0.05, 0) is 50.2 Å². The second kappa shape index (κ2) is 11.8. The highest BCUT2D eigenvalue weighted by Gasteiger charge is 2.25. The van der Waals surface area contributed by atoms with Crippen molar-refractivity contribution in [3.05, 3.63) is 146 Å². The highest BCUT2D eigenvalue weighted by Crippen LogP contribution is 2.51. The van der Waals surface area contributed by atoms with Crippen LogP contribution in [0.5, 0.6) is 0 Å². The molecule has 0 atom stereocenters. The third-order valence-electron chi connectivity index (χ3n) is 9.56. The number of benzene rings is 6. The fraction of sp³-hybridized carbons (Fsp3) is 0.0488. The Morgan fingerprint density at radius 2 is 1.04 bits per heavy atom. The molecule has 10 aromatic rings. The van der Waals surface area contributed by atoms with E-state index < -0.39 is 10.9 Å². The fourth-order valence-corrected chi connectivity index (χ4v) is 9.45. The minimum Gasteiger partial charge on any atom is -0.301 e. The Morgan fingerprint density at radius 1 is 0.538 bits per heavy atom. The van der Waals surface area contributed by atoms with Gasteiger partial charge in [0.15, 0.2) is 5.36 Å². The average molecular weight is 729 g/mol. The quantitative estimate of drug-likeness (QED) is 0.174. The van der Waals surface area contributed by atoms with Crippen LogP contribution in [0, 0.1) is 13.8 Å². The predicted octanol–water partition coefficient (Wildman–Crippen LogP) is 9.80. The normalized spacial score (nSPS) is 11.8. The summed E-state index contributed by atoms with van der Waals surface area (Å²) in [4.78, 5) is 34.6. The van der Waals surface area contributed by atoms with Gasteiger partial charge >= 0.3 is 0 Å². The second-order valence-electron chi connectivity index (χ2n) is 12.8. The maximum atomic E-state index is 13.3. The second-order valence-corrected chi connectivity index (χ2v) is 14.8. The Balaban J connectivity index is 1.23. The Morgan fingerprint density at radius 3 is 1.65 bits per heavy atom. The number of thiophene rings is 1. The molecule has 0 bridgehead atoms. The van der Waals surface area contributed by atoms with Gasteiger partial charge in [0, 0.05) is 54.1 Å². The zero-order chi connectivity index (χ0) is 35.1. The predicted molar refractivity (Wildman–Crippen MR) is 215 cm³/mol. The van der Waals surface area contributed by atoms with Crippen LogP contribution in [0.15, 0.2) is 124 Å². The SMILES string of the molecule is Cc1ccc(N(c2ccc(C)cc2)c2sc(-c3cc4c(cc(N=c5c(=O)c6ccccc6c5=O)c5nsnc54)c4nsnc34)c3ccccc23)cc1. The van der Waals surface area contributed by atoms with Crippen molar-refractivity contribution in [2.45, 2.75) is 13.8 Å². The molecule has 0 aliphatic heterocycles. The lowest BCUT2D eigenvalue weighted by molar-refractivity contribution is 1.30. The van der Waals surface area contributed by atoms with Gasteiger partial charge in [-0.2, -0.15) is 17.5 Å². The number of fused-ring (bicyclic) bond motifs is 7. The zero-order valence-electron chi connectivity index (χ0n) is 27.6. The molecule has 8 nitrogen and oxygen atoms in total. The summed E-state index contributed by atoms with van der Waals surface area (Å²) >= 11 is 3.93. The van der Waals surface area contributed by atoms with Gasteiger partial charge in [0.25, 0.3) is 0 Å². The minimum atomic E-state index is -0.390. The van der Waals surface area contributed by atoms with Gasteiger partial charge < -0.3 is 4.90 Å². The van der Waals surface area contributed by atoms with Crippen LogP contribution in [0.2, 0.25) is 0 Å². The summed E-state index contributed by atoms with van der Waals surface area (Å²) in [6.07, 6.45) is 0. The maximum Gasteiger partial charge on any atom is 0.216 e. The molecule has 0 unspecified atom stereocenters. The molecule has 0 radical (unpaired) electrons. The number of nitrogens with zero attached hydrogens (tertiary/aromatic N) is 6. The molecule has 0 spiro atoms. The molecule has 0 saturated heterocycles. The van der Waals surface area contributed by atoms with Crippen molar-refractivity contribution in [1.82, 2.24) is 17.5 Å². The van der Waals surface area contributed by atoms with Gasteiger partial charge in [0.05, 0.1) is 29.1 Å². The molecule has 3 heterocycles. The van der Waals surface area contributed by atoms with Crippen molar-refractivity contribution in [3.63, 3.8) is 0 Å². The van der Waals surface area contributed by atoms with E-state index in [1.807, 2.05) is 6.07 Å². The lowest BCUT2D eigenvalue weighted by atomic mass is 9.99. The number of hydrogen-bond donors (Lipinski definition) is 0. The summed E-state index contributed by atoms with van der Waals surface area (Å²) < 4.78 is 18.9. The number of rotatable bonds is 5. The summed E-state index contributed by atoms with van der Waals surface area (Å²) in [5.41, 5.74) is 7.72. The Labute approximate surface area is 307 Å². The largest absolute Gasteiger partial charge is 0.301 e. The van der Waals surface area contributed by atoms with Crippen LogP contribution in [0.4, 0.5) is 22.1 Å². The molecule has 248 valence electrons. The highest BCUT2D eigenvalue weighted by atomic mass is 32.1. The van der Waals surface area contributed by atoms with E-state index >= 15 is 0 Å². The van der Waals surface area contributed by atoms with Crippen molar-refractivity contribution >= 4 is 111 Å². The first kappa shape index (κ1) is 30.8. The van der Waals surface area contributed by atoms with Gasteiger partial charge in [-0.1, -0.05) is 83.9 Å². The molecule has 10 rings (SSSR count). The first-order chi connectivity index (χ1) is 25.4. The monoisotopic (exact) mass is 728 g/mol. The van der Waals surface area contributed by atoms with Gasteiger partial charge in [-0.15, -0.1) is 11.3 Å². The molecule has 0 N–H and O–H groups in total. The van der Waals surface area contributed by atoms with Crippen molar-refractivity contribution in [1.29, 1.82) is 0 Å². The van der Waals surface area contributed by atoms with Crippen LogP contribution in [0.3, 0.4) is 0 Å². The van der Waals surface area contributed by atoms with E-state index in [4.69, 9.17) is 13.1 Å². The Hall–Kier alpha value is -6.01. The maximum absolute atomic E-state index is 13.3. The number of aromatic nitrogens is 4. The molecule has 7 aromatic carbocycles. The lowest BCUT2D eigenvalue weighted by Crippen LogP contribution is -2.31. The standard InChI is InChI=1S/C41H24N6O2S3/c1-21-11-15-23(16-12-21)47(24-17-13-22(2)14-18-24)41-28-10-6-5-9-27(28)40(50-41)31-19-29-30(33-35(31)45-51-43-33)20-32(36-34(29)44-52-46-36)42-37-38(48)25-7-3-4-8-26(25)39(37)49/h3-20H,1-2H3. The van der Waals surface area contributed by atoms with E-state index in [0.717, 1.165) is 77.3 Å². The molecular formula is C41H24N6O2S3. The van der Waals surface area contributed by atoms with Crippen LogP contribution in [0.1, 0.15) is 11.1 Å². The fourth-order valence-electron chi connectivity index (χ4n) is 6.97. The van der Waals surface area contributed by atoms with Gasteiger partial charge in [0.1, 0.15) is 27.1 Å². The van der Waals surface area contributed by atoms with Crippen LogP contribution in [-0.2, 0) is 0 Å². The van der Waals surface area contributed by atoms with E-state index in [2.05, 4.69) is 107 Å². The number of hydrogen-bond acceptors (Lipinski definition) is 11. The molecule has 0 fully saturated rings. The Kier molecular flexibility index (Phi) is 6.97. The van der Waals surface area contributed by atoms with Crippen molar-refractivity contribution in [2.75, 3.05) is 4.90 Å². The molecule has 3 aromatic heterocycles. The van der Waals surface area contributed by atoms with Crippen molar-refractivity contribution in [3.8, 4) is 10.4 Å². The average Bonchev–Trinajstić information content (AvgIpc) is 3.98. The summed E-state index contributed by atoms with van der Waals surface area (Å²) in [7, 11) is 0. The number of aryl methyl sites for hydroxylation is 2. The third kappa shape index (κ3) is 4.67. The van der Waals surface area contributed by atoms with Gasteiger partial charge in [0.2, 0.25) is 10.9 Å². The molecule has 11 heteroatoms. The summed E-state index contributed by atoms with van der Waals surface area (Å²) in [5, 5.41) is 5.56. The van der Waals surface area contributed by atoms with Crippen LogP contribution < -0.4 is 21.1 Å². The highest BCUT2D eigenvalue weighted by molar-refractivity contribution is 7.22. The topological polar surface area (TPSA) is 101 Å². The Bertz CT molecular complexity index is 3110. The van der Waals surface area contributed by atoms with Crippen LogP contribution in [0.25, 0.3) is 64.8 Å². The van der Waals surface area contributed by atoms with E-state index in [9.17, 15) is 9.59 Å². The van der Waals surface area contributed by atoms with Gasteiger partial charge in [-0.3, -0.25) is 9.59 Å². The first-order valence-corrected chi connectivity index (χ1v) is 18.8. The zero-order valence-corrected chi connectivity index (χ0v) is 30.1. The first-order valence-electron chi connectivity index (χ1n) is 16.5. The minimum absolute atomic E-state index is 0.122. The molecular weight excluding hydrogens is 705 g/mol. The smallest absolute Gasteiger partial charge is 0.216 e. The van der Waals surface area contributed by atoms with Gasteiger partial charge in [-0.25, -0.2) is 4.99 Å².